The topological polar surface area (TPSA) is 66.0 Å². The molecule has 0 spiro atoms. The first-order chi connectivity index (χ1) is 14.6. The Kier molecular flexibility index (Phi) is 7.00. The highest BCUT2D eigenvalue weighted by Gasteiger charge is 2.27. The highest BCUT2D eigenvalue weighted by Crippen LogP contribution is 2.25. The van der Waals surface area contributed by atoms with Crippen molar-refractivity contribution in [2.24, 2.45) is 0 Å². The summed E-state index contributed by atoms with van der Waals surface area (Å²) in [5.74, 6) is 0.886. The number of nitrogens with one attached hydrogen (secondary N) is 2. The second-order valence-electron chi connectivity index (χ2n) is 8.81. The molecule has 2 N–H and O–H groups in total. The van der Waals surface area contributed by atoms with Crippen molar-refractivity contribution < 1.29 is 4.79 Å². The van der Waals surface area contributed by atoms with Crippen LogP contribution in [0.4, 0.5) is 0 Å². The number of rotatable bonds is 6. The number of carbonyl (C=O) groups is 1. The zero-order chi connectivity index (χ0) is 20.9. The number of piperidine rings is 1. The van der Waals surface area contributed by atoms with Crippen LogP contribution in [0, 0.1) is 11.7 Å². The van der Waals surface area contributed by atoms with Gasteiger partial charge in [0.15, 0.2) is 10.6 Å². The van der Waals surface area contributed by atoms with Crippen LogP contribution in [0.25, 0.3) is 11.4 Å². The zero-order valence-electron chi connectivity index (χ0n) is 17.9. The molecule has 1 amide bonds. The van der Waals surface area contributed by atoms with Gasteiger partial charge in [-0.05, 0) is 51.4 Å². The molecule has 2 aliphatic rings. The van der Waals surface area contributed by atoms with E-state index in [0.717, 1.165) is 30.4 Å². The molecule has 0 radical (unpaired) electrons. The van der Waals surface area contributed by atoms with Gasteiger partial charge >= 0.3 is 0 Å². The molecule has 2 aromatic rings. The zero-order valence-corrected chi connectivity index (χ0v) is 18.7. The molecule has 1 unspecified atom stereocenters. The van der Waals surface area contributed by atoms with Gasteiger partial charge in [0, 0.05) is 37.2 Å². The van der Waals surface area contributed by atoms with Crippen molar-refractivity contribution in [1.82, 2.24) is 25.0 Å². The molecule has 1 saturated heterocycles. The third kappa shape index (κ3) is 5.19. The Bertz CT molecular complexity index is 897. The van der Waals surface area contributed by atoms with Crippen LogP contribution >= 0.6 is 12.2 Å². The number of likely N-dealkylation sites (tertiary alicyclic amines) is 1. The van der Waals surface area contributed by atoms with Crippen molar-refractivity contribution >= 4 is 18.1 Å². The second-order valence-corrected chi connectivity index (χ2v) is 9.20. The average molecular weight is 428 g/mol. The fourth-order valence-electron chi connectivity index (χ4n) is 4.86. The van der Waals surface area contributed by atoms with E-state index in [9.17, 15) is 4.79 Å². The van der Waals surface area contributed by atoms with Gasteiger partial charge in [0.1, 0.15) is 0 Å². The molecule has 0 bridgehead atoms. The molecule has 1 atom stereocenters. The first-order valence-electron chi connectivity index (χ1n) is 11.4. The quantitative estimate of drug-likeness (QED) is 0.678. The summed E-state index contributed by atoms with van der Waals surface area (Å²) in [5, 5.41) is 10.5. The number of aromatic nitrogens is 3. The molecule has 1 saturated carbocycles. The Morgan fingerprint density at radius 2 is 1.93 bits per heavy atom. The number of aryl methyl sites for hydroxylation is 1. The van der Waals surface area contributed by atoms with E-state index in [0.29, 0.717) is 17.7 Å². The molecule has 1 aromatic heterocycles. The maximum atomic E-state index is 12.7. The van der Waals surface area contributed by atoms with Crippen molar-refractivity contribution in [2.75, 3.05) is 13.1 Å². The van der Waals surface area contributed by atoms with Crippen LogP contribution in [0.3, 0.4) is 0 Å². The van der Waals surface area contributed by atoms with E-state index in [4.69, 9.17) is 12.2 Å². The maximum absolute atomic E-state index is 12.7. The summed E-state index contributed by atoms with van der Waals surface area (Å²) in [6.07, 6.45) is 9.39. The van der Waals surface area contributed by atoms with E-state index in [-0.39, 0.29) is 11.9 Å². The number of hydrogen-bond acceptors (Lipinski definition) is 4. The Morgan fingerprint density at radius 3 is 2.70 bits per heavy atom. The van der Waals surface area contributed by atoms with Gasteiger partial charge in [-0.1, -0.05) is 49.1 Å². The summed E-state index contributed by atoms with van der Waals surface area (Å²) in [4.78, 5) is 15.3. The molecule has 7 heteroatoms. The van der Waals surface area contributed by atoms with Gasteiger partial charge in [-0.2, -0.15) is 5.10 Å². The van der Waals surface area contributed by atoms with Gasteiger partial charge in [-0.3, -0.25) is 19.4 Å². The number of carbonyl (C=O) groups excluding carboxylic acids is 1. The lowest BCUT2D eigenvalue weighted by molar-refractivity contribution is -0.122. The third-order valence-corrected chi connectivity index (χ3v) is 6.85. The van der Waals surface area contributed by atoms with E-state index >= 15 is 0 Å². The lowest BCUT2D eigenvalue weighted by Crippen LogP contribution is -2.51. The number of hydrogen-bond donors (Lipinski definition) is 2. The summed E-state index contributed by atoms with van der Waals surface area (Å²) in [5.41, 5.74) is 2.21. The van der Waals surface area contributed by atoms with Gasteiger partial charge in [0.25, 0.3) is 0 Å². The standard InChI is InChI=1S/C23H33N5OS/c1-17-9-11-18(12-10-17)22-25-26-23(30)28(22)15-13-21(29)24-19-6-5-14-27(16-19)20-7-3-2-4-8-20/h9-12,19-20H,2-8,13-16H2,1H3,(H,24,29)(H,26,30). The number of H-pyrrole nitrogens is 1. The lowest BCUT2D eigenvalue weighted by atomic mass is 9.92. The molecule has 1 aliphatic heterocycles. The summed E-state index contributed by atoms with van der Waals surface area (Å²) >= 11 is 5.41. The minimum Gasteiger partial charge on any atom is -0.352 e. The number of benzene rings is 1. The van der Waals surface area contributed by atoms with Crippen molar-refractivity contribution in [3.05, 3.63) is 34.6 Å². The SMILES string of the molecule is Cc1ccc(-c2n[nH]c(=S)n2CCC(=O)NC2CCCN(C3CCCCC3)C2)cc1. The van der Waals surface area contributed by atoms with Crippen molar-refractivity contribution in [3.63, 3.8) is 0 Å². The summed E-state index contributed by atoms with van der Waals surface area (Å²) < 4.78 is 2.48. The van der Waals surface area contributed by atoms with E-state index in [1.54, 1.807) is 0 Å². The van der Waals surface area contributed by atoms with Crippen LogP contribution in [-0.2, 0) is 11.3 Å². The van der Waals surface area contributed by atoms with Gasteiger partial charge in [0.05, 0.1) is 0 Å². The predicted octanol–water partition coefficient (Wildman–Crippen LogP) is 4.22. The van der Waals surface area contributed by atoms with Gasteiger partial charge in [0.2, 0.25) is 5.91 Å². The summed E-state index contributed by atoms with van der Waals surface area (Å²) in [6.45, 7) is 4.77. The van der Waals surface area contributed by atoms with E-state index in [1.807, 2.05) is 16.7 Å². The smallest absolute Gasteiger partial charge is 0.222 e. The molecular weight excluding hydrogens is 394 g/mol. The Balaban J connectivity index is 1.32. The minimum atomic E-state index is 0.100. The highest BCUT2D eigenvalue weighted by atomic mass is 32.1. The molecule has 2 fully saturated rings. The van der Waals surface area contributed by atoms with Crippen molar-refractivity contribution in [1.29, 1.82) is 0 Å². The van der Waals surface area contributed by atoms with Crippen LogP contribution in [0.2, 0.25) is 0 Å². The molecule has 1 aromatic carbocycles. The number of amides is 1. The van der Waals surface area contributed by atoms with E-state index < -0.39 is 0 Å². The maximum Gasteiger partial charge on any atom is 0.222 e. The molecule has 6 nitrogen and oxygen atoms in total. The van der Waals surface area contributed by atoms with Crippen LogP contribution in [0.1, 0.15) is 56.9 Å². The number of aromatic amines is 1. The first kappa shape index (κ1) is 21.2. The third-order valence-electron chi connectivity index (χ3n) is 6.54. The summed E-state index contributed by atoms with van der Waals surface area (Å²) in [7, 11) is 0. The molecule has 162 valence electrons. The fraction of sp³-hybridized carbons (Fsp3) is 0.609. The van der Waals surface area contributed by atoms with Gasteiger partial charge in [-0.15, -0.1) is 0 Å². The minimum absolute atomic E-state index is 0.100. The van der Waals surface area contributed by atoms with E-state index in [2.05, 4.69) is 39.5 Å². The Labute approximate surface area is 184 Å². The largest absolute Gasteiger partial charge is 0.352 e. The van der Waals surface area contributed by atoms with E-state index in [1.165, 1.54) is 50.6 Å². The molecule has 30 heavy (non-hydrogen) atoms. The molecule has 1 aliphatic carbocycles. The molecular formula is C23H33N5OS. The highest BCUT2D eigenvalue weighted by molar-refractivity contribution is 7.71. The van der Waals surface area contributed by atoms with Crippen LogP contribution in [0.5, 0.6) is 0 Å². The monoisotopic (exact) mass is 427 g/mol. The van der Waals surface area contributed by atoms with Crippen molar-refractivity contribution in [3.8, 4) is 11.4 Å². The Morgan fingerprint density at radius 1 is 1.17 bits per heavy atom. The second kappa shape index (κ2) is 9.88. The average Bonchev–Trinajstić information content (AvgIpc) is 3.14. The van der Waals surface area contributed by atoms with Gasteiger partial charge < -0.3 is 5.32 Å². The van der Waals surface area contributed by atoms with Gasteiger partial charge in [-0.25, -0.2) is 0 Å². The normalized spacial score (nSPS) is 20.9. The van der Waals surface area contributed by atoms with Crippen LogP contribution in [-0.4, -0.2) is 50.7 Å². The lowest BCUT2D eigenvalue weighted by Gasteiger charge is -2.40. The molecule has 2 heterocycles. The van der Waals surface area contributed by atoms with Crippen LogP contribution in [0.15, 0.2) is 24.3 Å². The fourth-order valence-corrected chi connectivity index (χ4v) is 5.09. The first-order valence-corrected chi connectivity index (χ1v) is 11.8. The Hall–Kier alpha value is -1.99. The van der Waals surface area contributed by atoms with Crippen molar-refractivity contribution in [2.45, 2.75) is 76.9 Å². The summed E-state index contributed by atoms with van der Waals surface area (Å²) in [6, 6.07) is 9.19. The number of nitrogens with zero attached hydrogens (tertiary/aromatic N) is 3. The van der Waals surface area contributed by atoms with Crippen LogP contribution < -0.4 is 5.32 Å². The predicted molar refractivity (Wildman–Crippen MR) is 122 cm³/mol. The molecule has 4 rings (SSSR count).